The largest absolute Gasteiger partial charge is 0.497 e. The highest BCUT2D eigenvalue weighted by molar-refractivity contribution is 5.94. The van der Waals surface area contributed by atoms with Crippen LogP contribution < -0.4 is 10.1 Å². The Labute approximate surface area is 166 Å². The van der Waals surface area contributed by atoms with Crippen molar-refractivity contribution in [2.45, 2.75) is 40.2 Å². The average Bonchev–Trinajstić information content (AvgIpc) is 3.15. The van der Waals surface area contributed by atoms with Gasteiger partial charge in [0.15, 0.2) is 0 Å². The quantitative estimate of drug-likeness (QED) is 0.678. The maximum Gasteiger partial charge on any atom is 0.270 e. The van der Waals surface area contributed by atoms with Gasteiger partial charge in [0, 0.05) is 11.6 Å². The summed E-state index contributed by atoms with van der Waals surface area (Å²) in [4.78, 5) is 13.0. The van der Waals surface area contributed by atoms with Crippen molar-refractivity contribution in [2.75, 3.05) is 7.11 Å². The number of rotatable bonds is 6. The molecule has 1 aromatic heterocycles. The van der Waals surface area contributed by atoms with Gasteiger partial charge >= 0.3 is 0 Å². The van der Waals surface area contributed by atoms with Crippen LogP contribution in [0.15, 0.2) is 48.5 Å². The van der Waals surface area contributed by atoms with E-state index < -0.39 is 0 Å². The highest BCUT2D eigenvalue weighted by Gasteiger charge is 2.20. The fourth-order valence-electron chi connectivity index (χ4n) is 2.98. The summed E-state index contributed by atoms with van der Waals surface area (Å²) in [6, 6.07) is 15.8. The maximum absolute atomic E-state index is 13.0. The minimum absolute atomic E-state index is 0.0962. The molecule has 1 atom stereocenters. The SMILES string of the molecule is CCC(C)NC(=O)c1cc(-c2ccc(OC)cc2)nn1-c1cc(C)ccc1C. The standard InChI is InChI=1S/C23H27N3O2/c1-6-17(4)24-23(27)22-14-20(18-9-11-19(28-5)12-10-18)25-26(22)21-13-15(2)7-8-16(21)3/h7-14,17H,6H2,1-5H3,(H,24,27). The molecule has 0 aliphatic heterocycles. The lowest BCUT2D eigenvalue weighted by Gasteiger charge is -2.14. The number of nitrogens with zero attached hydrogens (tertiary/aromatic N) is 2. The van der Waals surface area contributed by atoms with Crippen LogP contribution in [-0.4, -0.2) is 28.8 Å². The number of methoxy groups -OCH3 is 1. The van der Waals surface area contributed by atoms with Crippen LogP contribution in [-0.2, 0) is 0 Å². The molecule has 0 saturated carbocycles. The molecule has 28 heavy (non-hydrogen) atoms. The minimum Gasteiger partial charge on any atom is -0.497 e. The van der Waals surface area contributed by atoms with Gasteiger partial charge in [-0.25, -0.2) is 4.68 Å². The van der Waals surface area contributed by atoms with Crippen LogP contribution in [0, 0.1) is 13.8 Å². The second kappa shape index (κ2) is 8.30. The number of benzene rings is 2. The van der Waals surface area contributed by atoms with Crippen molar-refractivity contribution in [3.05, 3.63) is 65.4 Å². The molecule has 146 valence electrons. The third kappa shape index (κ3) is 4.09. The van der Waals surface area contributed by atoms with Crippen LogP contribution in [0.1, 0.15) is 41.9 Å². The summed E-state index contributed by atoms with van der Waals surface area (Å²) in [5.74, 6) is 0.662. The van der Waals surface area contributed by atoms with Crippen molar-refractivity contribution < 1.29 is 9.53 Å². The number of aromatic nitrogens is 2. The van der Waals surface area contributed by atoms with Crippen LogP contribution in [0.2, 0.25) is 0 Å². The van der Waals surface area contributed by atoms with Gasteiger partial charge in [-0.05, 0) is 74.7 Å². The Morgan fingerprint density at radius 3 is 2.50 bits per heavy atom. The number of hydrogen-bond acceptors (Lipinski definition) is 3. The summed E-state index contributed by atoms with van der Waals surface area (Å²) >= 11 is 0. The van der Waals surface area contributed by atoms with Crippen LogP contribution in [0.5, 0.6) is 5.75 Å². The smallest absolute Gasteiger partial charge is 0.270 e. The Morgan fingerprint density at radius 2 is 1.86 bits per heavy atom. The Hall–Kier alpha value is -3.08. The van der Waals surface area contributed by atoms with Crippen LogP contribution in [0.25, 0.3) is 16.9 Å². The predicted molar refractivity (Wildman–Crippen MR) is 112 cm³/mol. The van der Waals surface area contributed by atoms with E-state index in [1.54, 1.807) is 11.8 Å². The Morgan fingerprint density at radius 1 is 1.14 bits per heavy atom. The zero-order valence-electron chi connectivity index (χ0n) is 17.1. The summed E-state index contributed by atoms with van der Waals surface area (Å²) < 4.78 is 6.99. The molecule has 0 aliphatic rings. The lowest BCUT2D eigenvalue weighted by molar-refractivity contribution is 0.0931. The first kappa shape index (κ1) is 19.7. The Balaban J connectivity index is 2.11. The molecule has 0 spiro atoms. The molecular formula is C23H27N3O2. The number of carbonyl (C=O) groups is 1. The lowest BCUT2D eigenvalue weighted by Crippen LogP contribution is -2.33. The second-order valence-corrected chi connectivity index (χ2v) is 7.13. The summed E-state index contributed by atoms with van der Waals surface area (Å²) in [5, 5.41) is 7.83. The molecule has 0 fully saturated rings. The topological polar surface area (TPSA) is 56.1 Å². The normalized spacial score (nSPS) is 11.9. The molecule has 0 saturated heterocycles. The molecule has 1 amide bonds. The van der Waals surface area contributed by atoms with Gasteiger partial charge < -0.3 is 10.1 Å². The fourth-order valence-corrected chi connectivity index (χ4v) is 2.98. The molecule has 0 bridgehead atoms. The van der Waals surface area contributed by atoms with E-state index in [0.717, 1.165) is 40.2 Å². The van der Waals surface area contributed by atoms with E-state index in [-0.39, 0.29) is 11.9 Å². The molecule has 2 aromatic carbocycles. The van der Waals surface area contributed by atoms with Crippen molar-refractivity contribution in [3.63, 3.8) is 0 Å². The summed E-state index contributed by atoms with van der Waals surface area (Å²) in [6.07, 6.45) is 0.870. The molecule has 1 unspecified atom stereocenters. The molecule has 5 heteroatoms. The van der Waals surface area contributed by atoms with Crippen LogP contribution >= 0.6 is 0 Å². The molecule has 0 aliphatic carbocycles. The van der Waals surface area contributed by atoms with Crippen molar-refractivity contribution >= 4 is 5.91 Å². The molecule has 3 rings (SSSR count). The van der Waals surface area contributed by atoms with Crippen molar-refractivity contribution in [1.29, 1.82) is 0 Å². The predicted octanol–water partition coefficient (Wildman–Crippen LogP) is 4.69. The molecule has 0 radical (unpaired) electrons. The zero-order chi connectivity index (χ0) is 20.3. The minimum atomic E-state index is -0.123. The summed E-state index contributed by atoms with van der Waals surface area (Å²) in [6.45, 7) is 8.12. The zero-order valence-corrected chi connectivity index (χ0v) is 17.1. The first-order chi connectivity index (χ1) is 13.4. The number of amides is 1. The van der Waals surface area contributed by atoms with Crippen molar-refractivity contribution in [1.82, 2.24) is 15.1 Å². The number of ether oxygens (including phenoxy) is 1. The van der Waals surface area contributed by atoms with E-state index in [2.05, 4.69) is 30.4 Å². The van der Waals surface area contributed by atoms with Crippen LogP contribution in [0.4, 0.5) is 0 Å². The van der Waals surface area contributed by atoms with E-state index in [0.29, 0.717) is 5.69 Å². The molecule has 1 N–H and O–H groups in total. The first-order valence-corrected chi connectivity index (χ1v) is 9.56. The average molecular weight is 377 g/mol. The van der Waals surface area contributed by atoms with E-state index in [4.69, 9.17) is 9.84 Å². The highest BCUT2D eigenvalue weighted by atomic mass is 16.5. The number of carbonyl (C=O) groups excluding carboxylic acids is 1. The van der Waals surface area contributed by atoms with Gasteiger partial charge in [0.25, 0.3) is 5.91 Å². The van der Waals surface area contributed by atoms with Gasteiger partial charge in [-0.3, -0.25) is 4.79 Å². The van der Waals surface area contributed by atoms with Gasteiger partial charge in [0.2, 0.25) is 0 Å². The molecule has 1 heterocycles. The summed E-state index contributed by atoms with van der Waals surface area (Å²) in [7, 11) is 1.64. The molecule has 5 nitrogen and oxygen atoms in total. The summed E-state index contributed by atoms with van der Waals surface area (Å²) in [5.41, 5.74) is 5.30. The van der Waals surface area contributed by atoms with Gasteiger partial charge in [0.05, 0.1) is 18.5 Å². The Bertz CT molecular complexity index is 974. The van der Waals surface area contributed by atoms with Crippen LogP contribution in [0.3, 0.4) is 0 Å². The van der Waals surface area contributed by atoms with Gasteiger partial charge in [-0.1, -0.05) is 19.1 Å². The van der Waals surface area contributed by atoms with E-state index in [1.165, 1.54) is 0 Å². The lowest BCUT2D eigenvalue weighted by atomic mass is 10.1. The maximum atomic E-state index is 13.0. The Kier molecular flexibility index (Phi) is 5.83. The van der Waals surface area contributed by atoms with E-state index in [9.17, 15) is 4.79 Å². The number of aryl methyl sites for hydroxylation is 2. The molecular weight excluding hydrogens is 350 g/mol. The fraction of sp³-hybridized carbons (Fsp3) is 0.304. The van der Waals surface area contributed by atoms with Gasteiger partial charge in [-0.2, -0.15) is 5.10 Å². The first-order valence-electron chi connectivity index (χ1n) is 9.56. The highest BCUT2D eigenvalue weighted by Crippen LogP contribution is 2.25. The molecule has 3 aromatic rings. The number of hydrogen-bond donors (Lipinski definition) is 1. The van der Waals surface area contributed by atoms with Gasteiger partial charge in [0.1, 0.15) is 11.4 Å². The van der Waals surface area contributed by atoms with E-state index in [1.807, 2.05) is 51.1 Å². The van der Waals surface area contributed by atoms with Gasteiger partial charge in [-0.15, -0.1) is 0 Å². The number of nitrogens with one attached hydrogen (secondary N) is 1. The monoisotopic (exact) mass is 377 g/mol. The van der Waals surface area contributed by atoms with Crippen molar-refractivity contribution in [3.8, 4) is 22.7 Å². The second-order valence-electron chi connectivity index (χ2n) is 7.13. The third-order valence-corrected chi connectivity index (χ3v) is 4.91. The third-order valence-electron chi connectivity index (χ3n) is 4.91. The van der Waals surface area contributed by atoms with Crippen molar-refractivity contribution in [2.24, 2.45) is 0 Å². The van der Waals surface area contributed by atoms with E-state index >= 15 is 0 Å².